The van der Waals surface area contributed by atoms with Crippen molar-refractivity contribution in [3.8, 4) is 0 Å². The first kappa shape index (κ1) is 18.1. The summed E-state index contributed by atoms with van der Waals surface area (Å²) in [6.45, 7) is 15.9. The number of rotatable bonds is 8. The fourth-order valence-corrected chi connectivity index (χ4v) is 3.47. The lowest BCUT2D eigenvalue weighted by Crippen LogP contribution is -2.34. The van der Waals surface area contributed by atoms with E-state index in [1.54, 1.807) is 0 Å². The Morgan fingerprint density at radius 2 is 1.87 bits per heavy atom. The molecule has 1 heterocycles. The average Bonchev–Trinajstić information content (AvgIpc) is 2.55. The highest BCUT2D eigenvalue weighted by Crippen LogP contribution is 2.31. The van der Waals surface area contributed by atoms with Gasteiger partial charge in [0.15, 0.2) is 0 Å². The minimum atomic E-state index is 0.654. The number of benzene rings is 1. The van der Waals surface area contributed by atoms with Crippen LogP contribution in [-0.2, 0) is 0 Å². The molecule has 0 unspecified atom stereocenters. The molecule has 23 heavy (non-hydrogen) atoms. The maximum absolute atomic E-state index is 4.40. The molecule has 2 heteroatoms. The van der Waals surface area contributed by atoms with E-state index in [0.717, 1.165) is 12.5 Å². The van der Waals surface area contributed by atoms with E-state index in [9.17, 15) is 0 Å². The zero-order valence-corrected chi connectivity index (χ0v) is 15.3. The van der Waals surface area contributed by atoms with E-state index in [1.807, 2.05) is 0 Å². The molecule has 2 rings (SSSR count). The molecular weight excluding hydrogens is 280 g/mol. The minimum Gasteiger partial charge on any atom is -0.385 e. The minimum absolute atomic E-state index is 0.654. The van der Waals surface area contributed by atoms with Gasteiger partial charge >= 0.3 is 0 Å². The van der Waals surface area contributed by atoms with Gasteiger partial charge in [-0.25, -0.2) is 0 Å². The molecule has 1 aromatic carbocycles. The normalized spacial score (nSPS) is 16.7. The van der Waals surface area contributed by atoms with E-state index in [2.05, 4.69) is 61.8 Å². The van der Waals surface area contributed by atoms with Crippen LogP contribution >= 0.6 is 0 Å². The molecule has 0 aromatic heterocycles. The van der Waals surface area contributed by atoms with Crippen molar-refractivity contribution in [1.82, 2.24) is 4.90 Å². The lowest BCUT2D eigenvalue weighted by molar-refractivity contribution is 0.200. The maximum Gasteiger partial charge on any atom is 0.0340 e. The van der Waals surface area contributed by atoms with Crippen molar-refractivity contribution in [2.45, 2.75) is 46.5 Å². The molecule has 128 valence electrons. The first-order valence-corrected chi connectivity index (χ1v) is 9.35. The average molecular weight is 315 g/mol. The lowest BCUT2D eigenvalue weighted by Gasteiger charge is -2.33. The van der Waals surface area contributed by atoms with Crippen LogP contribution in [0.2, 0.25) is 0 Å². The fraction of sp³-hybridized carbons (Fsp3) is 0.619. The smallest absolute Gasteiger partial charge is 0.0340 e. The number of nitrogens with zero attached hydrogens (tertiary/aromatic N) is 1. The van der Waals surface area contributed by atoms with Crippen LogP contribution in [0.5, 0.6) is 0 Å². The van der Waals surface area contributed by atoms with Crippen molar-refractivity contribution in [2.75, 3.05) is 31.5 Å². The van der Waals surface area contributed by atoms with Gasteiger partial charge in [-0.3, -0.25) is 0 Å². The second-order valence-electron chi connectivity index (χ2n) is 7.28. The van der Waals surface area contributed by atoms with Gasteiger partial charge in [0, 0.05) is 12.2 Å². The Labute approximate surface area is 143 Å². The monoisotopic (exact) mass is 314 g/mol. The van der Waals surface area contributed by atoms with Crippen molar-refractivity contribution >= 4 is 11.3 Å². The number of hydrogen-bond donors (Lipinski definition) is 1. The van der Waals surface area contributed by atoms with E-state index < -0.39 is 0 Å². The molecule has 1 aliphatic rings. The number of piperidine rings is 1. The molecule has 2 nitrogen and oxygen atoms in total. The summed E-state index contributed by atoms with van der Waals surface area (Å²) < 4.78 is 0. The van der Waals surface area contributed by atoms with Gasteiger partial charge in [0.2, 0.25) is 0 Å². The van der Waals surface area contributed by atoms with Gasteiger partial charge in [0.25, 0.3) is 0 Å². The third-order valence-corrected chi connectivity index (χ3v) is 4.97. The highest BCUT2D eigenvalue weighted by Gasteiger charge is 2.21. The van der Waals surface area contributed by atoms with E-state index >= 15 is 0 Å². The molecule has 0 saturated carbocycles. The highest BCUT2D eigenvalue weighted by molar-refractivity contribution is 5.67. The van der Waals surface area contributed by atoms with E-state index in [1.165, 1.54) is 62.1 Å². The van der Waals surface area contributed by atoms with Gasteiger partial charge in [-0.2, -0.15) is 0 Å². The fourth-order valence-electron chi connectivity index (χ4n) is 3.47. The quantitative estimate of drug-likeness (QED) is 0.702. The Hall–Kier alpha value is -1.28. The lowest BCUT2D eigenvalue weighted by atomic mass is 9.86. The molecule has 1 N–H and O–H groups in total. The second-order valence-corrected chi connectivity index (χ2v) is 7.28. The van der Waals surface area contributed by atoms with Gasteiger partial charge in [0.1, 0.15) is 0 Å². The molecule has 0 aliphatic carbocycles. The molecule has 0 radical (unpaired) electrons. The van der Waals surface area contributed by atoms with Gasteiger partial charge in [-0.05, 0) is 87.3 Å². The number of allylic oxidation sites excluding steroid dienone is 1. The van der Waals surface area contributed by atoms with Crippen LogP contribution < -0.4 is 5.32 Å². The zero-order valence-electron chi connectivity index (χ0n) is 15.3. The SMILES string of the molecule is C=C(c1ccc(NCC)cc1)C1CCN(CCCC(C)C)CC1. The Morgan fingerprint density at radius 3 is 2.43 bits per heavy atom. The van der Waals surface area contributed by atoms with Crippen molar-refractivity contribution in [3.05, 3.63) is 36.4 Å². The van der Waals surface area contributed by atoms with Crippen LogP contribution in [0.3, 0.4) is 0 Å². The van der Waals surface area contributed by atoms with Gasteiger partial charge in [0.05, 0.1) is 0 Å². The summed E-state index contributed by atoms with van der Waals surface area (Å²) in [4.78, 5) is 2.64. The Bertz CT molecular complexity index is 467. The highest BCUT2D eigenvalue weighted by atomic mass is 15.1. The molecule has 0 bridgehead atoms. The third kappa shape index (κ3) is 5.69. The van der Waals surface area contributed by atoms with Crippen LogP contribution in [0.15, 0.2) is 30.8 Å². The van der Waals surface area contributed by atoms with Crippen LogP contribution in [0.1, 0.15) is 52.0 Å². The topological polar surface area (TPSA) is 15.3 Å². The van der Waals surface area contributed by atoms with Crippen LogP contribution in [0.25, 0.3) is 5.57 Å². The summed E-state index contributed by atoms with van der Waals surface area (Å²) in [5.41, 5.74) is 3.84. The summed E-state index contributed by atoms with van der Waals surface area (Å²) in [7, 11) is 0. The Kier molecular flexibility index (Phi) is 7.16. The summed E-state index contributed by atoms with van der Waals surface area (Å²) in [6.07, 6.45) is 5.21. The maximum atomic E-state index is 4.40. The predicted molar refractivity (Wildman–Crippen MR) is 103 cm³/mol. The van der Waals surface area contributed by atoms with Crippen molar-refractivity contribution in [1.29, 1.82) is 0 Å². The summed E-state index contributed by atoms with van der Waals surface area (Å²) in [5, 5.41) is 3.35. The second kappa shape index (κ2) is 9.12. The molecule has 0 spiro atoms. The van der Waals surface area contributed by atoms with Crippen LogP contribution in [-0.4, -0.2) is 31.1 Å². The molecule has 1 aromatic rings. The molecule has 0 amide bonds. The van der Waals surface area contributed by atoms with Crippen molar-refractivity contribution in [3.63, 3.8) is 0 Å². The molecule has 1 saturated heterocycles. The number of hydrogen-bond acceptors (Lipinski definition) is 2. The summed E-state index contributed by atoms with van der Waals surface area (Å²) >= 11 is 0. The summed E-state index contributed by atoms with van der Waals surface area (Å²) in [5.74, 6) is 1.49. The van der Waals surface area contributed by atoms with E-state index in [-0.39, 0.29) is 0 Å². The third-order valence-electron chi connectivity index (χ3n) is 4.97. The Balaban J connectivity index is 1.79. The summed E-state index contributed by atoms with van der Waals surface area (Å²) in [6, 6.07) is 8.78. The standard InChI is InChI=1S/C21H34N2/c1-5-22-21-10-8-19(9-11-21)18(4)20-12-15-23(16-13-20)14-6-7-17(2)3/h8-11,17,20,22H,4-7,12-16H2,1-3H3. The first-order valence-electron chi connectivity index (χ1n) is 9.35. The molecular formula is C21H34N2. The van der Waals surface area contributed by atoms with E-state index in [4.69, 9.17) is 0 Å². The molecule has 0 atom stereocenters. The van der Waals surface area contributed by atoms with Crippen LogP contribution in [0, 0.1) is 11.8 Å². The van der Waals surface area contributed by atoms with E-state index in [0.29, 0.717) is 5.92 Å². The van der Waals surface area contributed by atoms with Gasteiger partial charge < -0.3 is 10.2 Å². The number of nitrogens with one attached hydrogen (secondary N) is 1. The number of likely N-dealkylation sites (tertiary alicyclic amines) is 1. The van der Waals surface area contributed by atoms with Crippen molar-refractivity contribution < 1.29 is 0 Å². The molecule has 1 fully saturated rings. The van der Waals surface area contributed by atoms with Crippen molar-refractivity contribution in [2.24, 2.45) is 11.8 Å². The number of anilines is 1. The Morgan fingerprint density at radius 1 is 1.22 bits per heavy atom. The zero-order chi connectivity index (χ0) is 16.7. The molecule has 1 aliphatic heterocycles. The van der Waals surface area contributed by atoms with Gasteiger partial charge in [-0.15, -0.1) is 0 Å². The van der Waals surface area contributed by atoms with Gasteiger partial charge in [-0.1, -0.05) is 32.6 Å². The van der Waals surface area contributed by atoms with Crippen LogP contribution in [0.4, 0.5) is 5.69 Å². The predicted octanol–water partition coefficient (Wildman–Crippen LogP) is 5.28. The largest absolute Gasteiger partial charge is 0.385 e. The first-order chi connectivity index (χ1) is 11.1.